The lowest BCUT2D eigenvalue weighted by Crippen LogP contribution is -2.44. The Balaban J connectivity index is 1.44. The minimum Gasteiger partial charge on any atom is -0.374 e. The maximum atomic E-state index is 12.2. The number of amides is 2. The Labute approximate surface area is 151 Å². The third-order valence-electron chi connectivity index (χ3n) is 5.28. The van der Waals surface area contributed by atoms with Crippen LogP contribution in [0.15, 0.2) is 24.3 Å². The van der Waals surface area contributed by atoms with Crippen molar-refractivity contribution in [2.75, 3.05) is 25.5 Å². The van der Waals surface area contributed by atoms with E-state index >= 15 is 0 Å². The summed E-state index contributed by atoms with van der Waals surface area (Å²) in [6.45, 7) is 2.70. The predicted octanol–water partition coefficient (Wildman–Crippen LogP) is 3.75. The molecule has 1 aliphatic heterocycles. The van der Waals surface area contributed by atoms with E-state index in [0.29, 0.717) is 12.7 Å². The van der Waals surface area contributed by atoms with Crippen LogP contribution in [-0.4, -0.2) is 43.2 Å². The molecule has 5 heteroatoms. The third-order valence-corrected chi connectivity index (χ3v) is 5.28. The second kappa shape index (κ2) is 9.20. The van der Waals surface area contributed by atoms with Crippen LogP contribution in [0, 0.1) is 0 Å². The quantitative estimate of drug-likeness (QED) is 0.854. The van der Waals surface area contributed by atoms with E-state index in [-0.39, 0.29) is 12.1 Å². The van der Waals surface area contributed by atoms with Crippen LogP contribution in [0.25, 0.3) is 0 Å². The highest BCUT2D eigenvalue weighted by Crippen LogP contribution is 2.22. The van der Waals surface area contributed by atoms with E-state index in [9.17, 15) is 4.79 Å². The molecule has 1 heterocycles. The summed E-state index contributed by atoms with van der Waals surface area (Å²) in [7, 11) is 2.12. The molecule has 25 heavy (non-hydrogen) atoms. The molecule has 1 saturated carbocycles. The van der Waals surface area contributed by atoms with E-state index in [1.807, 2.05) is 18.2 Å². The number of ether oxygens (including phenoxy) is 1. The minimum atomic E-state index is -0.111. The van der Waals surface area contributed by atoms with E-state index in [1.54, 1.807) is 0 Å². The maximum absolute atomic E-state index is 12.2. The number of hydrogen-bond acceptors (Lipinski definition) is 3. The van der Waals surface area contributed by atoms with Crippen LogP contribution in [0.4, 0.5) is 10.5 Å². The molecule has 2 fully saturated rings. The molecule has 1 aromatic rings. The SMILES string of the molecule is CN1CCC(NC(=O)Nc2cccc(COC3CCCCC3)c2)CC1. The molecule has 0 radical (unpaired) electrons. The standard InChI is InChI=1S/C20H31N3O2/c1-23-12-10-17(11-13-23)21-20(24)22-18-7-5-6-16(14-18)15-25-19-8-3-2-4-9-19/h5-7,14,17,19H,2-4,8-13,15H2,1H3,(H2,21,22,24). The lowest BCUT2D eigenvalue weighted by Gasteiger charge is -2.29. The minimum absolute atomic E-state index is 0.111. The second-order valence-electron chi connectivity index (χ2n) is 7.45. The van der Waals surface area contributed by atoms with Crippen LogP contribution in [0.3, 0.4) is 0 Å². The number of hydrogen-bond donors (Lipinski definition) is 2. The van der Waals surface area contributed by atoms with Crippen molar-refractivity contribution < 1.29 is 9.53 Å². The second-order valence-corrected chi connectivity index (χ2v) is 7.45. The number of carbonyl (C=O) groups is 1. The normalized spacial score (nSPS) is 20.4. The highest BCUT2D eigenvalue weighted by molar-refractivity contribution is 5.89. The molecule has 1 aromatic carbocycles. The Morgan fingerprint density at radius 2 is 1.92 bits per heavy atom. The lowest BCUT2D eigenvalue weighted by molar-refractivity contribution is 0.0169. The summed E-state index contributed by atoms with van der Waals surface area (Å²) in [5.41, 5.74) is 1.94. The number of benzene rings is 1. The summed E-state index contributed by atoms with van der Waals surface area (Å²) in [5, 5.41) is 6.04. The average Bonchev–Trinajstić information content (AvgIpc) is 2.63. The van der Waals surface area contributed by atoms with Gasteiger partial charge in [0.15, 0.2) is 0 Å². The van der Waals surface area contributed by atoms with Crippen LogP contribution in [0.2, 0.25) is 0 Å². The molecule has 1 saturated heterocycles. The summed E-state index contributed by atoms with van der Waals surface area (Å²) >= 11 is 0. The van der Waals surface area contributed by atoms with Crippen molar-refractivity contribution in [2.24, 2.45) is 0 Å². The van der Waals surface area contributed by atoms with Gasteiger partial charge in [-0.05, 0) is 63.5 Å². The highest BCUT2D eigenvalue weighted by Gasteiger charge is 2.18. The van der Waals surface area contributed by atoms with Gasteiger partial charge in [-0.25, -0.2) is 4.79 Å². The number of anilines is 1. The number of carbonyl (C=O) groups excluding carboxylic acids is 1. The largest absolute Gasteiger partial charge is 0.374 e. The van der Waals surface area contributed by atoms with Gasteiger partial charge in [-0.15, -0.1) is 0 Å². The molecule has 138 valence electrons. The van der Waals surface area contributed by atoms with Gasteiger partial charge in [0.1, 0.15) is 0 Å². The van der Waals surface area contributed by atoms with Gasteiger partial charge in [0.25, 0.3) is 0 Å². The van der Waals surface area contributed by atoms with Crippen molar-refractivity contribution in [3.05, 3.63) is 29.8 Å². The predicted molar refractivity (Wildman–Crippen MR) is 101 cm³/mol. The Morgan fingerprint density at radius 1 is 1.16 bits per heavy atom. The first-order chi connectivity index (χ1) is 12.2. The van der Waals surface area contributed by atoms with Gasteiger partial charge in [-0.2, -0.15) is 0 Å². The molecular formula is C20H31N3O2. The van der Waals surface area contributed by atoms with Gasteiger partial charge in [-0.3, -0.25) is 0 Å². The topological polar surface area (TPSA) is 53.6 Å². The van der Waals surface area contributed by atoms with Gasteiger partial charge < -0.3 is 20.3 Å². The van der Waals surface area contributed by atoms with E-state index in [2.05, 4.69) is 28.6 Å². The van der Waals surface area contributed by atoms with Crippen molar-refractivity contribution in [2.45, 2.75) is 63.7 Å². The fourth-order valence-corrected chi connectivity index (χ4v) is 3.69. The van der Waals surface area contributed by atoms with Crippen molar-refractivity contribution in [1.29, 1.82) is 0 Å². The van der Waals surface area contributed by atoms with Crippen molar-refractivity contribution in [3.63, 3.8) is 0 Å². The van der Waals surface area contributed by atoms with Crippen molar-refractivity contribution >= 4 is 11.7 Å². The Morgan fingerprint density at radius 3 is 2.68 bits per heavy atom. The summed E-state index contributed by atoms with van der Waals surface area (Å²) in [4.78, 5) is 14.5. The first-order valence-electron chi connectivity index (χ1n) is 9.65. The number of likely N-dealkylation sites (tertiary alicyclic amines) is 1. The molecule has 0 aromatic heterocycles. The number of nitrogens with zero attached hydrogens (tertiary/aromatic N) is 1. The first-order valence-corrected chi connectivity index (χ1v) is 9.65. The van der Waals surface area contributed by atoms with Crippen molar-refractivity contribution in [3.8, 4) is 0 Å². The zero-order valence-corrected chi connectivity index (χ0v) is 15.3. The molecule has 5 nitrogen and oxygen atoms in total. The molecule has 0 unspecified atom stereocenters. The van der Waals surface area contributed by atoms with Gasteiger partial charge in [0.05, 0.1) is 12.7 Å². The molecule has 2 N–H and O–H groups in total. The molecule has 2 aliphatic rings. The van der Waals surface area contributed by atoms with Crippen molar-refractivity contribution in [1.82, 2.24) is 10.2 Å². The summed E-state index contributed by atoms with van der Waals surface area (Å²) in [6, 6.07) is 8.14. The Hall–Kier alpha value is -1.59. The molecule has 0 bridgehead atoms. The summed E-state index contributed by atoms with van der Waals surface area (Å²) in [5.74, 6) is 0. The number of urea groups is 1. The van der Waals surface area contributed by atoms with E-state index in [1.165, 1.54) is 32.1 Å². The van der Waals surface area contributed by atoms with Crippen LogP contribution >= 0.6 is 0 Å². The zero-order chi connectivity index (χ0) is 17.5. The fraction of sp³-hybridized carbons (Fsp3) is 0.650. The molecule has 0 spiro atoms. The molecule has 0 atom stereocenters. The van der Waals surface area contributed by atoms with Gasteiger partial charge >= 0.3 is 6.03 Å². The Bertz CT molecular complexity index is 550. The van der Waals surface area contributed by atoms with E-state index < -0.39 is 0 Å². The summed E-state index contributed by atoms with van der Waals surface area (Å²) in [6.07, 6.45) is 8.68. The van der Waals surface area contributed by atoms with E-state index in [4.69, 9.17) is 4.74 Å². The van der Waals surface area contributed by atoms with Gasteiger partial charge in [0, 0.05) is 11.7 Å². The molecular weight excluding hydrogens is 314 g/mol. The van der Waals surface area contributed by atoms with Crippen LogP contribution in [-0.2, 0) is 11.3 Å². The van der Waals surface area contributed by atoms with E-state index in [0.717, 1.165) is 37.2 Å². The average molecular weight is 345 g/mol. The molecule has 1 aliphatic carbocycles. The maximum Gasteiger partial charge on any atom is 0.319 e. The smallest absolute Gasteiger partial charge is 0.319 e. The third kappa shape index (κ3) is 6.01. The monoisotopic (exact) mass is 345 g/mol. The van der Waals surface area contributed by atoms with Crippen LogP contribution in [0.5, 0.6) is 0 Å². The number of piperidine rings is 1. The Kier molecular flexibility index (Phi) is 6.70. The first kappa shape index (κ1) is 18.2. The zero-order valence-electron chi connectivity index (χ0n) is 15.3. The number of nitrogens with one attached hydrogen (secondary N) is 2. The lowest BCUT2D eigenvalue weighted by atomic mass is 9.98. The van der Waals surface area contributed by atoms with Crippen LogP contribution in [0.1, 0.15) is 50.5 Å². The van der Waals surface area contributed by atoms with Gasteiger partial charge in [-0.1, -0.05) is 31.4 Å². The van der Waals surface area contributed by atoms with Crippen LogP contribution < -0.4 is 10.6 Å². The fourth-order valence-electron chi connectivity index (χ4n) is 3.69. The van der Waals surface area contributed by atoms with Gasteiger partial charge in [0.2, 0.25) is 0 Å². The highest BCUT2D eigenvalue weighted by atomic mass is 16.5. The molecule has 3 rings (SSSR count). The number of rotatable bonds is 5. The summed E-state index contributed by atoms with van der Waals surface area (Å²) < 4.78 is 6.03. The molecule has 2 amide bonds.